The summed E-state index contributed by atoms with van der Waals surface area (Å²) >= 11 is 1.58. The van der Waals surface area contributed by atoms with Crippen LogP contribution in [0.15, 0.2) is 53.5 Å². The Kier molecular flexibility index (Phi) is 6.56. The molecule has 0 spiro atoms. The number of phenolic OH excluding ortho intramolecular Hbond substituents is 1. The van der Waals surface area contributed by atoms with Gasteiger partial charge in [0.2, 0.25) is 0 Å². The molecule has 0 aliphatic heterocycles. The van der Waals surface area contributed by atoms with E-state index in [1.54, 1.807) is 35.8 Å². The summed E-state index contributed by atoms with van der Waals surface area (Å²) in [7, 11) is 1.51. The maximum absolute atomic E-state index is 13.4. The smallest absolute Gasteiger partial charge is 0.259 e. The largest absolute Gasteiger partial charge is 0.504 e. The molecule has 2 N–H and O–H groups in total. The third-order valence-electron chi connectivity index (χ3n) is 6.30. The van der Waals surface area contributed by atoms with E-state index in [1.165, 1.54) is 12.0 Å². The molecule has 0 bridgehead atoms. The number of fused-ring (bicyclic) bond motifs is 1. The SMILES string of the molecule is COc1cccc(C=Nc2sc3c(c2C(=O)Nc2ccccc2)CCC(C(C)(C)C)C3)c1O. The van der Waals surface area contributed by atoms with Gasteiger partial charge in [-0.25, -0.2) is 4.99 Å². The second kappa shape index (κ2) is 9.40. The molecule has 0 fully saturated rings. The Morgan fingerprint density at radius 2 is 1.94 bits per heavy atom. The number of phenols is 1. The summed E-state index contributed by atoms with van der Waals surface area (Å²) in [6.07, 6.45) is 4.48. The Hall–Kier alpha value is -3.12. The molecule has 1 aliphatic rings. The van der Waals surface area contributed by atoms with Gasteiger partial charge in [0, 0.05) is 22.3 Å². The van der Waals surface area contributed by atoms with Crippen molar-refractivity contribution in [2.24, 2.45) is 16.3 Å². The Labute approximate surface area is 199 Å². The van der Waals surface area contributed by atoms with Gasteiger partial charge in [0.1, 0.15) is 5.00 Å². The lowest BCUT2D eigenvalue weighted by atomic mass is 9.72. The molecule has 33 heavy (non-hydrogen) atoms. The zero-order chi connectivity index (χ0) is 23.6. The van der Waals surface area contributed by atoms with Gasteiger partial charge in [-0.15, -0.1) is 11.3 Å². The third kappa shape index (κ3) is 4.96. The molecule has 3 aromatic rings. The van der Waals surface area contributed by atoms with Gasteiger partial charge in [-0.2, -0.15) is 0 Å². The first kappa shape index (κ1) is 23.1. The minimum absolute atomic E-state index is 0.0353. The van der Waals surface area contributed by atoms with Crippen molar-refractivity contribution in [2.75, 3.05) is 12.4 Å². The zero-order valence-electron chi connectivity index (χ0n) is 19.5. The van der Waals surface area contributed by atoms with E-state index < -0.39 is 0 Å². The molecule has 1 heterocycles. The van der Waals surface area contributed by atoms with Crippen LogP contribution in [0, 0.1) is 11.3 Å². The first-order valence-electron chi connectivity index (χ1n) is 11.2. The highest BCUT2D eigenvalue weighted by molar-refractivity contribution is 7.16. The van der Waals surface area contributed by atoms with Gasteiger partial charge in [-0.05, 0) is 60.4 Å². The number of carbonyl (C=O) groups is 1. The number of amides is 1. The Balaban J connectivity index is 1.73. The fourth-order valence-corrected chi connectivity index (χ4v) is 5.56. The van der Waals surface area contributed by atoms with Crippen LogP contribution in [0.2, 0.25) is 0 Å². The van der Waals surface area contributed by atoms with Crippen LogP contribution in [-0.2, 0) is 12.8 Å². The van der Waals surface area contributed by atoms with Crippen LogP contribution in [0.1, 0.15) is 53.6 Å². The van der Waals surface area contributed by atoms with Crippen LogP contribution >= 0.6 is 11.3 Å². The van der Waals surface area contributed by atoms with Crippen molar-refractivity contribution in [2.45, 2.75) is 40.0 Å². The maximum atomic E-state index is 13.4. The van der Waals surface area contributed by atoms with E-state index in [1.807, 2.05) is 30.3 Å². The average Bonchev–Trinajstić information content (AvgIpc) is 3.16. The second-order valence-electron chi connectivity index (χ2n) is 9.47. The van der Waals surface area contributed by atoms with Crippen LogP contribution in [-0.4, -0.2) is 24.3 Å². The number of nitrogens with zero attached hydrogens (tertiary/aromatic N) is 1. The first-order chi connectivity index (χ1) is 15.8. The number of aliphatic imine (C=N–C) groups is 1. The van der Waals surface area contributed by atoms with Gasteiger partial charge >= 0.3 is 0 Å². The van der Waals surface area contributed by atoms with E-state index in [2.05, 4.69) is 31.1 Å². The van der Waals surface area contributed by atoms with Crippen molar-refractivity contribution in [3.8, 4) is 11.5 Å². The quantitative estimate of drug-likeness (QED) is 0.419. The molecular weight excluding hydrogens is 432 g/mol. The Morgan fingerprint density at radius 1 is 1.18 bits per heavy atom. The molecule has 1 aliphatic carbocycles. The molecule has 4 rings (SSSR count). The second-order valence-corrected chi connectivity index (χ2v) is 10.5. The summed E-state index contributed by atoms with van der Waals surface area (Å²) in [4.78, 5) is 19.3. The minimum Gasteiger partial charge on any atom is -0.504 e. The number of carbonyl (C=O) groups excluding carboxylic acids is 1. The van der Waals surface area contributed by atoms with Crippen molar-refractivity contribution in [3.05, 3.63) is 70.1 Å². The average molecular weight is 463 g/mol. The van der Waals surface area contributed by atoms with Gasteiger partial charge < -0.3 is 15.2 Å². The van der Waals surface area contributed by atoms with Crippen LogP contribution in [0.25, 0.3) is 0 Å². The molecule has 1 aromatic heterocycles. The fourth-order valence-electron chi connectivity index (χ4n) is 4.29. The topological polar surface area (TPSA) is 70.9 Å². The number of nitrogens with one attached hydrogen (secondary N) is 1. The minimum atomic E-state index is -0.144. The van der Waals surface area contributed by atoms with E-state index in [0.717, 1.165) is 30.5 Å². The Bertz CT molecular complexity index is 1180. The molecule has 1 unspecified atom stereocenters. The molecule has 2 aromatic carbocycles. The lowest BCUT2D eigenvalue weighted by Crippen LogP contribution is -2.27. The monoisotopic (exact) mass is 462 g/mol. The van der Waals surface area contributed by atoms with E-state index >= 15 is 0 Å². The number of rotatable bonds is 5. The van der Waals surface area contributed by atoms with Crippen molar-refractivity contribution >= 4 is 34.1 Å². The summed E-state index contributed by atoms with van der Waals surface area (Å²) in [5.74, 6) is 0.843. The van der Waals surface area contributed by atoms with Crippen molar-refractivity contribution in [1.29, 1.82) is 0 Å². The van der Waals surface area contributed by atoms with Crippen molar-refractivity contribution in [1.82, 2.24) is 0 Å². The number of aromatic hydroxyl groups is 1. The molecule has 172 valence electrons. The number of para-hydroxylation sites is 2. The molecule has 0 saturated carbocycles. The summed E-state index contributed by atoms with van der Waals surface area (Å²) in [5, 5.41) is 14.1. The van der Waals surface area contributed by atoms with E-state index in [9.17, 15) is 9.90 Å². The molecule has 0 saturated heterocycles. The van der Waals surface area contributed by atoms with Crippen molar-refractivity contribution < 1.29 is 14.6 Å². The van der Waals surface area contributed by atoms with Gasteiger partial charge in [-0.3, -0.25) is 4.79 Å². The van der Waals surface area contributed by atoms with Crippen LogP contribution in [0.5, 0.6) is 11.5 Å². The third-order valence-corrected chi connectivity index (χ3v) is 7.46. The van der Waals surface area contributed by atoms with E-state index in [4.69, 9.17) is 4.74 Å². The summed E-state index contributed by atoms with van der Waals surface area (Å²) < 4.78 is 5.20. The highest BCUT2D eigenvalue weighted by atomic mass is 32.1. The lowest BCUT2D eigenvalue weighted by Gasteiger charge is -2.33. The maximum Gasteiger partial charge on any atom is 0.259 e. The van der Waals surface area contributed by atoms with Gasteiger partial charge in [0.25, 0.3) is 5.91 Å². The van der Waals surface area contributed by atoms with E-state index in [-0.39, 0.29) is 17.1 Å². The summed E-state index contributed by atoms with van der Waals surface area (Å²) in [6.45, 7) is 6.84. The van der Waals surface area contributed by atoms with Gasteiger partial charge in [-0.1, -0.05) is 45.0 Å². The van der Waals surface area contributed by atoms with Crippen molar-refractivity contribution in [3.63, 3.8) is 0 Å². The van der Waals surface area contributed by atoms with Crippen LogP contribution in [0.4, 0.5) is 10.7 Å². The van der Waals surface area contributed by atoms with Gasteiger partial charge in [0.15, 0.2) is 11.5 Å². The van der Waals surface area contributed by atoms with Crippen LogP contribution in [0.3, 0.4) is 0 Å². The molecule has 6 heteroatoms. The number of thiophene rings is 1. The lowest BCUT2D eigenvalue weighted by molar-refractivity contribution is 0.102. The summed E-state index contributed by atoms with van der Waals surface area (Å²) in [6, 6.07) is 14.7. The number of hydrogen-bond donors (Lipinski definition) is 2. The van der Waals surface area contributed by atoms with Crippen LogP contribution < -0.4 is 10.1 Å². The van der Waals surface area contributed by atoms with Gasteiger partial charge in [0.05, 0.1) is 12.7 Å². The number of anilines is 1. The number of ether oxygens (including phenoxy) is 1. The molecule has 5 nitrogen and oxygen atoms in total. The molecular formula is C27H30N2O3S. The fraction of sp³-hybridized carbons (Fsp3) is 0.333. The standard InChI is InChI=1S/C27H30N2O3S/c1-27(2,3)18-13-14-20-22(15-18)33-26(23(20)25(31)29-19-10-6-5-7-11-19)28-16-17-9-8-12-21(32-4)24(17)30/h5-12,16,18,30H,13-15H2,1-4H3,(H,29,31). The molecule has 1 amide bonds. The predicted octanol–water partition coefficient (Wildman–Crippen LogP) is 6.62. The molecule has 0 radical (unpaired) electrons. The zero-order valence-corrected chi connectivity index (χ0v) is 20.3. The number of benzene rings is 2. The number of hydrogen-bond acceptors (Lipinski definition) is 5. The highest BCUT2D eigenvalue weighted by Gasteiger charge is 2.33. The van der Waals surface area contributed by atoms with E-state index in [0.29, 0.717) is 27.8 Å². The highest BCUT2D eigenvalue weighted by Crippen LogP contribution is 2.45. The normalized spacial score (nSPS) is 15.9. The number of methoxy groups -OCH3 is 1. The summed E-state index contributed by atoms with van der Waals surface area (Å²) in [5.41, 5.74) is 3.26. The Morgan fingerprint density at radius 3 is 2.64 bits per heavy atom. The molecule has 1 atom stereocenters. The first-order valence-corrected chi connectivity index (χ1v) is 12.0. The predicted molar refractivity (Wildman–Crippen MR) is 136 cm³/mol.